The lowest BCUT2D eigenvalue weighted by Gasteiger charge is -2.48. The Labute approximate surface area is 210 Å². The summed E-state index contributed by atoms with van der Waals surface area (Å²) in [5.74, 6) is 1.74. The summed E-state index contributed by atoms with van der Waals surface area (Å²) in [4.78, 5) is 11.5. The molecule has 3 rings (SSSR count). The molecule has 7 nitrogen and oxygen atoms in total. The van der Waals surface area contributed by atoms with Crippen LogP contribution in [-0.2, 0) is 19.0 Å². The number of allylic oxidation sites excluding steroid dienone is 1. The van der Waals surface area contributed by atoms with E-state index in [2.05, 4.69) is 51.0 Å². The Bertz CT molecular complexity index is 740. The number of nitrogens with two attached hydrogens (primary N) is 1. The van der Waals surface area contributed by atoms with Gasteiger partial charge < -0.3 is 30.6 Å². The molecule has 1 heterocycles. The maximum absolute atomic E-state index is 11.5. The molecule has 0 aromatic carbocycles. The lowest BCUT2D eigenvalue weighted by molar-refractivity contribution is -0.120. The highest BCUT2D eigenvalue weighted by atomic mass is 32.2. The second kappa shape index (κ2) is 11.7. The molecule has 2 aliphatic carbocycles. The van der Waals surface area contributed by atoms with Crippen molar-refractivity contribution < 1.29 is 19.0 Å². The Morgan fingerprint density at radius 2 is 1.82 bits per heavy atom. The third kappa shape index (κ3) is 6.93. The summed E-state index contributed by atoms with van der Waals surface area (Å²) in [5, 5.41) is 6.48. The van der Waals surface area contributed by atoms with Crippen LogP contribution in [0.3, 0.4) is 0 Å². The summed E-state index contributed by atoms with van der Waals surface area (Å²) in [7, 11) is 1.79. The van der Waals surface area contributed by atoms with Gasteiger partial charge in [-0.25, -0.2) is 0 Å². The lowest BCUT2D eigenvalue weighted by atomic mass is 9.70. The van der Waals surface area contributed by atoms with Gasteiger partial charge in [0.05, 0.1) is 18.8 Å². The second-order valence-corrected chi connectivity index (χ2v) is 12.5. The third-order valence-electron chi connectivity index (χ3n) is 7.53. The Kier molecular flexibility index (Phi) is 9.40. The van der Waals surface area contributed by atoms with Crippen LogP contribution < -0.4 is 16.4 Å². The Hall–Kier alpha value is -1.22. The maximum Gasteiger partial charge on any atom is 0.233 e. The summed E-state index contributed by atoms with van der Waals surface area (Å²) in [6.07, 6.45) is 7.82. The molecule has 3 unspecified atom stereocenters. The number of hydrogen-bond acceptors (Lipinski definition) is 7. The second-order valence-electron chi connectivity index (χ2n) is 10.8. The van der Waals surface area contributed by atoms with E-state index in [0.29, 0.717) is 11.9 Å². The molecule has 3 aliphatic rings. The summed E-state index contributed by atoms with van der Waals surface area (Å²) in [5.41, 5.74) is 6.66. The average molecular weight is 496 g/mol. The molecule has 0 aromatic heterocycles. The predicted octanol–water partition coefficient (Wildman–Crippen LogP) is 3.49. The molecular formula is C26H45N3O4S. The van der Waals surface area contributed by atoms with Crippen LogP contribution in [0.2, 0.25) is 0 Å². The third-order valence-corrected chi connectivity index (χ3v) is 8.86. The topological polar surface area (TPSA) is 98.1 Å². The number of carbonyl (C=O) groups excluding carboxylic acids is 1. The number of methoxy groups -OCH3 is 1. The maximum atomic E-state index is 11.5. The summed E-state index contributed by atoms with van der Waals surface area (Å²) >= 11 is 1.96. The zero-order valence-corrected chi connectivity index (χ0v) is 22.5. The van der Waals surface area contributed by atoms with Crippen molar-refractivity contribution in [2.45, 2.75) is 101 Å². The highest BCUT2D eigenvalue weighted by molar-refractivity contribution is 8.00. The van der Waals surface area contributed by atoms with E-state index in [9.17, 15) is 4.79 Å². The lowest BCUT2D eigenvalue weighted by Crippen LogP contribution is -2.56. The fourth-order valence-corrected chi connectivity index (χ4v) is 7.08. The van der Waals surface area contributed by atoms with E-state index in [1.165, 1.54) is 5.57 Å². The Morgan fingerprint density at radius 1 is 1.21 bits per heavy atom. The summed E-state index contributed by atoms with van der Waals surface area (Å²) in [6, 6.07) is 0.508. The minimum Gasteiger partial charge on any atom is -0.474 e. The molecule has 194 valence electrons. The highest BCUT2D eigenvalue weighted by Crippen LogP contribution is 2.55. The molecule has 2 saturated carbocycles. The summed E-state index contributed by atoms with van der Waals surface area (Å²) in [6.45, 7) is 13.9. The number of amides is 1. The number of hydrogen-bond donors (Lipinski definition) is 3. The van der Waals surface area contributed by atoms with Crippen LogP contribution in [0.1, 0.15) is 66.2 Å². The number of epoxide rings is 1. The minimum absolute atomic E-state index is 0.0216. The molecule has 1 spiro atoms. The standard InChI is InChI=1S/C26H45N3O4S/c1-17(2)12-14-34-25(4,5)24-23(31-6)21(11-13-26(24)16-32-26)33-18(3)28-19-7-9-20(10-8-19)29-22(30)15-27/h12,19-21,23-24,28H,3,7-11,13-16,27H2,1-2,4-6H3,(H,29,30)/t19?,20?,21?,23?,24?,26-/m0/s1. The Balaban J connectivity index is 1.56. The van der Waals surface area contributed by atoms with Crippen LogP contribution in [0.15, 0.2) is 24.1 Å². The molecule has 4 atom stereocenters. The van der Waals surface area contributed by atoms with E-state index in [1.807, 2.05) is 11.8 Å². The van der Waals surface area contributed by atoms with E-state index in [0.717, 1.165) is 50.9 Å². The molecule has 1 amide bonds. The van der Waals surface area contributed by atoms with Gasteiger partial charge in [-0.2, -0.15) is 11.8 Å². The van der Waals surface area contributed by atoms with Gasteiger partial charge in [0.25, 0.3) is 0 Å². The number of rotatable bonds is 11. The number of thioether (sulfide) groups is 1. The van der Waals surface area contributed by atoms with Gasteiger partial charge >= 0.3 is 0 Å². The van der Waals surface area contributed by atoms with E-state index >= 15 is 0 Å². The molecule has 8 heteroatoms. The van der Waals surface area contributed by atoms with Crippen molar-refractivity contribution in [2.75, 3.05) is 26.0 Å². The molecule has 34 heavy (non-hydrogen) atoms. The first kappa shape index (κ1) is 27.4. The first-order chi connectivity index (χ1) is 16.1. The van der Waals surface area contributed by atoms with E-state index in [4.69, 9.17) is 19.9 Å². The van der Waals surface area contributed by atoms with Gasteiger partial charge in [0, 0.05) is 35.6 Å². The van der Waals surface area contributed by atoms with Gasteiger partial charge in [-0.1, -0.05) is 25.5 Å². The molecule has 0 aromatic rings. The highest BCUT2D eigenvalue weighted by Gasteiger charge is 2.63. The minimum atomic E-state index is -0.0941. The quantitative estimate of drug-likeness (QED) is 0.229. The number of carbonyl (C=O) groups is 1. The van der Waals surface area contributed by atoms with Gasteiger partial charge in [0.2, 0.25) is 5.91 Å². The Morgan fingerprint density at radius 3 is 2.35 bits per heavy atom. The zero-order valence-electron chi connectivity index (χ0n) is 21.7. The van der Waals surface area contributed by atoms with Gasteiger partial charge in [-0.15, -0.1) is 0 Å². The SMILES string of the molecule is C=C(NC1CCC(NC(=O)CN)CC1)OC1CC[C@]2(CO2)C(C(C)(C)SCC=C(C)C)C1OC. The number of ether oxygens (including phenoxy) is 3. The molecule has 3 fully saturated rings. The van der Waals surface area contributed by atoms with Crippen LogP contribution in [-0.4, -0.2) is 66.6 Å². The molecule has 0 bridgehead atoms. The van der Waals surface area contributed by atoms with Crippen LogP contribution in [0, 0.1) is 5.92 Å². The fourth-order valence-electron chi connectivity index (χ4n) is 5.71. The smallest absolute Gasteiger partial charge is 0.233 e. The van der Waals surface area contributed by atoms with Crippen molar-refractivity contribution >= 4 is 17.7 Å². The van der Waals surface area contributed by atoms with Crippen molar-refractivity contribution in [1.29, 1.82) is 0 Å². The first-order valence-electron chi connectivity index (χ1n) is 12.7. The van der Waals surface area contributed by atoms with Crippen molar-refractivity contribution in [1.82, 2.24) is 10.6 Å². The van der Waals surface area contributed by atoms with Gasteiger partial charge in [0.1, 0.15) is 12.2 Å². The zero-order chi connectivity index (χ0) is 24.9. The van der Waals surface area contributed by atoms with E-state index < -0.39 is 0 Å². The van der Waals surface area contributed by atoms with Crippen LogP contribution in [0.4, 0.5) is 0 Å². The number of nitrogens with one attached hydrogen (secondary N) is 2. The largest absolute Gasteiger partial charge is 0.474 e. The van der Waals surface area contributed by atoms with Crippen LogP contribution in [0.5, 0.6) is 0 Å². The van der Waals surface area contributed by atoms with Crippen LogP contribution in [0.25, 0.3) is 0 Å². The van der Waals surface area contributed by atoms with Gasteiger partial charge in [-0.3, -0.25) is 4.79 Å². The predicted molar refractivity (Wildman–Crippen MR) is 139 cm³/mol. The summed E-state index contributed by atoms with van der Waals surface area (Å²) < 4.78 is 18.6. The average Bonchev–Trinajstić information content (AvgIpc) is 3.55. The van der Waals surface area contributed by atoms with Crippen LogP contribution >= 0.6 is 11.8 Å². The van der Waals surface area contributed by atoms with Gasteiger partial charge in [0.15, 0.2) is 5.88 Å². The van der Waals surface area contributed by atoms with Crippen molar-refractivity contribution in [3.63, 3.8) is 0 Å². The van der Waals surface area contributed by atoms with Gasteiger partial charge in [-0.05, 0) is 59.0 Å². The normalized spacial score (nSPS) is 33.2. The molecule has 0 radical (unpaired) electrons. The molecule has 1 aliphatic heterocycles. The van der Waals surface area contributed by atoms with Crippen molar-refractivity contribution in [2.24, 2.45) is 11.7 Å². The van der Waals surface area contributed by atoms with E-state index in [1.54, 1.807) is 7.11 Å². The molecular weight excluding hydrogens is 450 g/mol. The fraction of sp³-hybridized carbons (Fsp3) is 0.808. The monoisotopic (exact) mass is 495 g/mol. The van der Waals surface area contributed by atoms with Crippen molar-refractivity contribution in [3.8, 4) is 0 Å². The molecule has 4 N–H and O–H groups in total. The molecule has 1 saturated heterocycles. The van der Waals surface area contributed by atoms with E-state index in [-0.39, 0.29) is 47.0 Å². The first-order valence-corrected chi connectivity index (χ1v) is 13.6. The van der Waals surface area contributed by atoms with Crippen molar-refractivity contribution in [3.05, 3.63) is 24.1 Å².